The first kappa shape index (κ1) is 23.9. The molecule has 0 aromatic heterocycles. The predicted molar refractivity (Wildman–Crippen MR) is 115 cm³/mol. The Morgan fingerprint density at radius 2 is 1.61 bits per heavy atom. The first-order valence-corrected chi connectivity index (χ1v) is 10.9. The molecule has 0 spiro atoms. The Labute approximate surface area is 187 Å². The molecule has 0 saturated carbocycles. The van der Waals surface area contributed by atoms with Gasteiger partial charge >= 0.3 is 6.18 Å². The Morgan fingerprint density at radius 3 is 2.15 bits per heavy atom. The maximum absolute atomic E-state index is 13.4. The highest BCUT2D eigenvalue weighted by Gasteiger charge is 2.37. The molecule has 33 heavy (non-hydrogen) atoms. The molecule has 11 heteroatoms. The standard InChI is InChI=1S/C22H17F3N2O5S/c1-15-7-10-18(11-8-15)33(31,32)26(14-21(28)16-5-3-2-4-6-16)19-12-9-17(22(23,24)25)13-20(19)27(29)30/h2-13H,14H2,1H3. The zero-order valence-corrected chi connectivity index (χ0v) is 17.9. The number of Topliss-reactive ketones (excluding diaryl/α,β-unsaturated/α-hetero) is 1. The molecule has 3 rings (SSSR count). The molecule has 0 aliphatic carbocycles. The van der Waals surface area contributed by atoms with Crippen molar-refractivity contribution in [1.29, 1.82) is 0 Å². The smallest absolute Gasteiger partial charge is 0.292 e. The maximum Gasteiger partial charge on any atom is 0.416 e. The summed E-state index contributed by atoms with van der Waals surface area (Å²) in [6, 6.07) is 14.5. The monoisotopic (exact) mass is 478 g/mol. The van der Waals surface area contributed by atoms with Crippen molar-refractivity contribution in [2.75, 3.05) is 10.8 Å². The van der Waals surface area contributed by atoms with E-state index < -0.39 is 50.4 Å². The van der Waals surface area contributed by atoms with Crippen LogP contribution in [0, 0.1) is 17.0 Å². The summed E-state index contributed by atoms with van der Waals surface area (Å²) < 4.78 is 66.6. The number of halogens is 3. The van der Waals surface area contributed by atoms with Gasteiger partial charge in [-0.15, -0.1) is 0 Å². The number of carbonyl (C=O) groups excluding carboxylic acids is 1. The highest BCUT2D eigenvalue weighted by atomic mass is 32.2. The number of carbonyl (C=O) groups is 1. The van der Waals surface area contributed by atoms with Crippen molar-refractivity contribution in [3.8, 4) is 0 Å². The number of anilines is 1. The Kier molecular flexibility index (Phi) is 6.54. The van der Waals surface area contributed by atoms with Gasteiger partial charge in [-0.3, -0.25) is 19.2 Å². The van der Waals surface area contributed by atoms with Gasteiger partial charge in [-0.2, -0.15) is 13.2 Å². The van der Waals surface area contributed by atoms with E-state index in [1.807, 2.05) is 0 Å². The van der Waals surface area contributed by atoms with E-state index in [9.17, 15) is 36.5 Å². The van der Waals surface area contributed by atoms with Crippen LogP contribution in [-0.4, -0.2) is 25.7 Å². The van der Waals surface area contributed by atoms with E-state index in [4.69, 9.17) is 0 Å². The molecular weight excluding hydrogens is 461 g/mol. The fraction of sp³-hybridized carbons (Fsp3) is 0.136. The molecule has 0 amide bonds. The highest BCUT2D eigenvalue weighted by Crippen LogP contribution is 2.38. The first-order chi connectivity index (χ1) is 15.4. The van der Waals surface area contributed by atoms with E-state index in [2.05, 4.69) is 0 Å². The van der Waals surface area contributed by atoms with Crippen LogP contribution in [0.2, 0.25) is 0 Å². The Morgan fingerprint density at radius 1 is 1.00 bits per heavy atom. The third-order valence-corrected chi connectivity index (χ3v) is 6.53. The molecule has 172 valence electrons. The zero-order valence-electron chi connectivity index (χ0n) is 17.1. The van der Waals surface area contributed by atoms with Crippen LogP contribution < -0.4 is 4.31 Å². The second-order valence-electron chi connectivity index (χ2n) is 7.07. The van der Waals surface area contributed by atoms with Gasteiger partial charge in [0.2, 0.25) is 0 Å². The summed E-state index contributed by atoms with van der Waals surface area (Å²) in [5.74, 6) is -0.694. The molecule has 7 nitrogen and oxygen atoms in total. The Hall–Kier alpha value is -3.73. The SMILES string of the molecule is Cc1ccc(S(=O)(=O)N(CC(=O)c2ccccc2)c2ccc(C(F)(F)F)cc2[N+](=O)[O-])cc1. The number of rotatable bonds is 7. The number of alkyl halides is 3. The fourth-order valence-electron chi connectivity index (χ4n) is 3.04. The lowest BCUT2D eigenvalue weighted by Gasteiger charge is -2.24. The lowest BCUT2D eigenvalue weighted by atomic mass is 10.1. The minimum absolute atomic E-state index is 0.135. The van der Waals surface area contributed by atoms with Crippen molar-refractivity contribution in [1.82, 2.24) is 0 Å². The van der Waals surface area contributed by atoms with Crippen molar-refractivity contribution < 1.29 is 31.3 Å². The zero-order chi connectivity index (χ0) is 24.4. The molecule has 0 atom stereocenters. The normalized spacial score (nSPS) is 11.8. The second kappa shape index (κ2) is 9.02. The predicted octanol–water partition coefficient (Wildman–Crippen LogP) is 5.00. The molecule has 0 bridgehead atoms. The molecule has 0 unspecified atom stereocenters. The number of nitro groups is 1. The number of nitro benzene ring substituents is 1. The topological polar surface area (TPSA) is 97.6 Å². The molecule has 0 aliphatic heterocycles. The molecular formula is C22H17F3N2O5S. The van der Waals surface area contributed by atoms with E-state index in [-0.39, 0.29) is 16.5 Å². The van der Waals surface area contributed by atoms with Crippen LogP contribution in [0.15, 0.2) is 77.7 Å². The fourth-order valence-corrected chi connectivity index (χ4v) is 4.47. The minimum atomic E-state index is -4.89. The highest BCUT2D eigenvalue weighted by molar-refractivity contribution is 7.92. The van der Waals surface area contributed by atoms with Crippen molar-refractivity contribution >= 4 is 27.2 Å². The van der Waals surface area contributed by atoms with Crippen LogP contribution in [0.25, 0.3) is 0 Å². The van der Waals surface area contributed by atoms with Gasteiger partial charge in [0.05, 0.1) is 21.9 Å². The largest absolute Gasteiger partial charge is 0.416 e. The summed E-state index contributed by atoms with van der Waals surface area (Å²) in [6.07, 6.45) is -4.89. The van der Waals surface area contributed by atoms with Gasteiger partial charge in [-0.05, 0) is 31.2 Å². The summed E-state index contributed by atoms with van der Waals surface area (Å²) in [5, 5.41) is 11.6. The average molecular weight is 478 g/mol. The lowest BCUT2D eigenvalue weighted by Crippen LogP contribution is -2.36. The van der Waals surface area contributed by atoms with Crippen LogP contribution >= 0.6 is 0 Å². The average Bonchev–Trinajstić information content (AvgIpc) is 2.77. The van der Waals surface area contributed by atoms with Crippen LogP contribution in [-0.2, 0) is 16.2 Å². The maximum atomic E-state index is 13.4. The summed E-state index contributed by atoms with van der Waals surface area (Å²) in [7, 11) is -4.55. The van der Waals surface area contributed by atoms with E-state index >= 15 is 0 Å². The minimum Gasteiger partial charge on any atom is -0.292 e. The number of hydrogen-bond acceptors (Lipinski definition) is 5. The van der Waals surface area contributed by atoms with Gasteiger partial charge < -0.3 is 0 Å². The van der Waals surface area contributed by atoms with Gasteiger partial charge in [0.1, 0.15) is 5.69 Å². The van der Waals surface area contributed by atoms with Crippen molar-refractivity contribution in [3.05, 3.63) is 99.6 Å². The number of nitrogens with zero attached hydrogens (tertiary/aromatic N) is 2. The van der Waals surface area contributed by atoms with Gasteiger partial charge in [0.25, 0.3) is 15.7 Å². The van der Waals surface area contributed by atoms with Crippen molar-refractivity contribution in [2.45, 2.75) is 18.0 Å². The quantitative estimate of drug-likeness (QED) is 0.270. The summed E-state index contributed by atoms with van der Waals surface area (Å²) in [4.78, 5) is 23.0. The number of sulfonamides is 1. The van der Waals surface area contributed by atoms with E-state index in [1.54, 1.807) is 25.1 Å². The van der Waals surface area contributed by atoms with Gasteiger partial charge in [-0.1, -0.05) is 48.0 Å². The Balaban J connectivity index is 2.20. The molecule has 0 fully saturated rings. The summed E-state index contributed by atoms with van der Waals surface area (Å²) in [6.45, 7) is 0.861. The molecule has 0 aliphatic rings. The van der Waals surface area contributed by atoms with Crippen LogP contribution in [0.1, 0.15) is 21.5 Å². The molecule has 0 radical (unpaired) electrons. The van der Waals surface area contributed by atoms with E-state index in [1.165, 1.54) is 36.4 Å². The summed E-state index contributed by atoms with van der Waals surface area (Å²) in [5.41, 5.74) is -2.20. The summed E-state index contributed by atoms with van der Waals surface area (Å²) >= 11 is 0. The van der Waals surface area contributed by atoms with E-state index in [0.29, 0.717) is 16.4 Å². The van der Waals surface area contributed by atoms with Crippen LogP contribution in [0.4, 0.5) is 24.5 Å². The van der Waals surface area contributed by atoms with Gasteiger partial charge in [-0.25, -0.2) is 8.42 Å². The van der Waals surface area contributed by atoms with Gasteiger partial charge in [0.15, 0.2) is 5.78 Å². The molecule has 0 N–H and O–H groups in total. The Bertz CT molecular complexity index is 1290. The van der Waals surface area contributed by atoms with Crippen molar-refractivity contribution in [2.24, 2.45) is 0 Å². The molecule has 3 aromatic carbocycles. The lowest BCUT2D eigenvalue weighted by molar-refractivity contribution is -0.384. The third-order valence-electron chi connectivity index (χ3n) is 4.76. The van der Waals surface area contributed by atoms with Crippen molar-refractivity contribution in [3.63, 3.8) is 0 Å². The molecule has 3 aromatic rings. The van der Waals surface area contributed by atoms with Gasteiger partial charge in [0, 0.05) is 11.6 Å². The third kappa shape index (κ3) is 5.20. The number of aryl methyl sites for hydroxylation is 1. The second-order valence-corrected chi connectivity index (χ2v) is 8.93. The molecule has 0 heterocycles. The first-order valence-electron chi connectivity index (χ1n) is 9.44. The van der Waals surface area contributed by atoms with E-state index in [0.717, 1.165) is 5.56 Å². The number of ketones is 1. The number of benzene rings is 3. The molecule has 0 saturated heterocycles. The van der Waals surface area contributed by atoms with Crippen LogP contribution in [0.5, 0.6) is 0 Å². The number of hydrogen-bond donors (Lipinski definition) is 0. The van der Waals surface area contributed by atoms with Crippen LogP contribution in [0.3, 0.4) is 0 Å².